The Morgan fingerprint density at radius 3 is 2.19 bits per heavy atom. The quantitative estimate of drug-likeness (QED) is 0.796. The highest BCUT2D eigenvalue weighted by Gasteiger charge is 2.25. The number of anilines is 1. The number of fused-ring (bicyclic) bond motifs is 1. The zero-order valence-corrected chi connectivity index (χ0v) is 16.6. The zero-order valence-electron chi connectivity index (χ0n) is 16.6. The minimum atomic E-state index is 0.414. The Hall–Kier alpha value is -2.82. The van der Waals surface area contributed by atoms with Gasteiger partial charge in [0, 0.05) is 5.56 Å². The standard InChI is InChI=1S/C22H27NO4/c1-13-6-8-15-17(12-20(25-3)22(27-5)21(15)26-4)16(10-13)14-7-9-19(24-2)18(23)11-14/h7,9-13H,6,8,23H2,1-5H3/t13-/m0/s1. The highest BCUT2D eigenvalue weighted by Crippen LogP contribution is 2.47. The molecular formula is C22H27NO4. The molecule has 0 radical (unpaired) electrons. The van der Waals surface area contributed by atoms with Gasteiger partial charge in [-0.2, -0.15) is 0 Å². The molecule has 1 aliphatic rings. The van der Waals surface area contributed by atoms with E-state index in [0.717, 1.165) is 40.9 Å². The van der Waals surface area contributed by atoms with Crippen LogP contribution in [0.2, 0.25) is 0 Å². The van der Waals surface area contributed by atoms with Crippen molar-refractivity contribution in [3.63, 3.8) is 0 Å². The third-order valence-electron chi connectivity index (χ3n) is 5.06. The summed E-state index contributed by atoms with van der Waals surface area (Å²) >= 11 is 0. The van der Waals surface area contributed by atoms with E-state index in [1.807, 2.05) is 24.3 Å². The second-order valence-corrected chi connectivity index (χ2v) is 6.72. The predicted molar refractivity (Wildman–Crippen MR) is 108 cm³/mol. The van der Waals surface area contributed by atoms with Crippen LogP contribution in [-0.4, -0.2) is 28.4 Å². The summed E-state index contributed by atoms with van der Waals surface area (Å²) in [4.78, 5) is 0. The summed E-state index contributed by atoms with van der Waals surface area (Å²) in [6.45, 7) is 2.22. The summed E-state index contributed by atoms with van der Waals surface area (Å²) in [5, 5.41) is 0. The highest BCUT2D eigenvalue weighted by molar-refractivity contribution is 5.86. The van der Waals surface area contributed by atoms with Crippen LogP contribution in [0.4, 0.5) is 5.69 Å². The summed E-state index contributed by atoms with van der Waals surface area (Å²) in [5.41, 5.74) is 11.1. The summed E-state index contributed by atoms with van der Waals surface area (Å²) in [6, 6.07) is 7.92. The maximum absolute atomic E-state index is 6.17. The number of nitrogen functional groups attached to an aromatic ring is 1. The molecule has 0 saturated carbocycles. The molecule has 0 spiro atoms. The first-order chi connectivity index (χ1) is 13.0. The summed E-state index contributed by atoms with van der Waals surface area (Å²) < 4.78 is 22.2. The number of hydrogen-bond acceptors (Lipinski definition) is 5. The van der Waals surface area contributed by atoms with Gasteiger partial charge in [0.15, 0.2) is 11.5 Å². The maximum Gasteiger partial charge on any atom is 0.203 e. The van der Waals surface area contributed by atoms with Crippen molar-refractivity contribution < 1.29 is 18.9 Å². The SMILES string of the molecule is COc1ccc(C2=C[C@@H](C)CCc3c2cc(OC)c(OC)c3OC)cc1N. The maximum atomic E-state index is 6.17. The van der Waals surface area contributed by atoms with E-state index in [9.17, 15) is 0 Å². The predicted octanol–water partition coefficient (Wildman–Crippen LogP) is 4.32. The average molecular weight is 369 g/mol. The molecule has 1 aliphatic carbocycles. The Balaban J connectivity index is 2.26. The fourth-order valence-corrected chi connectivity index (χ4v) is 3.69. The van der Waals surface area contributed by atoms with Crippen LogP contribution in [0.1, 0.15) is 30.0 Å². The number of nitrogens with two attached hydrogens (primary N) is 1. The molecule has 0 amide bonds. The van der Waals surface area contributed by atoms with Crippen LogP contribution in [0.15, 0.2) is 30.3 Å². The molecule has 5 nitrogen and oxygen atoms in total. The van der Waals surface area contributed by atoms with Gasteiger partial charge in [0.1, 0.15) is 5.75 Å². The van der Waals surface area contributed by atoms with Crippen LogP contribution in [0.5, 0.6) is 23.0 Å². The van der Waals surface area contributed by atoms with Crippen LogP contribution < -0.4 is 24.7 Å². The van der Waals surface area contributed by atoms with Gasteiger partial charge in [-0.1, -0.05) is 19.1 Å². The van der Waals surface area contributed by atoms with Gasteiger partial charge in [-0.25, -0.2) is 0 Å². The Labute approximate surface area is 160 Å². The van der Waals surface area contributed by atoms with Crippen molar-refractivity contribution in [3.8, 4) is 23.0 Å². The number of methoxy groups -OCH3 is 4. The summed E-state index contributed by atoms with van der Waals surface area (Å²) in [5.74, 6) is 3.09. The molecule has 1 atom stereocenters. The Morgan fingerprint density at radius 1 is 0.889 bits per heavy atom. The molecule has 2 aromatic carbocycles. The summed E-state index contributed by atoms with van der Waals surface area (Å²) in [7, 11) is 6.56. The fraction of sp³-hybridized carbons (Fsp3) is 0.364. The first kappa shape index (κ1) is 19.0. The number of hydrogen-bond donors (Lipinski definition) is 1. The molecule has 0 heterocycles. The van der Waals surface area contributed by atoms with Crippen molar-refractivity contribution in [1.29, 1.82) is 0 Å². The zero-order chi connectivity index (χ0) is 19.6. The lowest BCUT2D eigenvalue weighted by Gasteiger charge is -2.20. The van der Waals surface area contributed by atoms with Crippen molar-refractivity contribution >= 4 is 11.3 Å². The van der Waals surface area contributed by atoms with E-state index in [4.69, 9.17) is 24.7 Å². The van der Waals surface area contributed by atoms with Gasteiger partial charge >= 0.3 is 0 Å². The number of ether oxygens (including phenoxy) is 4. The minimum absolute atomic E-state index is 0.414. The van der Waals surface area contributed by atoms with Crippen LogP contribution in [0.3, 0.4) is 0 Å². The van der Waals surface area contributed by atoms with Gasteiger partial charge in [-0.15, -0.1) is 0 Å². The first-order valence-corrected chi connectivity index (χ1v) is 9.01. The van der Waals surface area contributed by atoms with Crippen molar-refractivity contribution in [2.24, 2.45) is 5.92 Å². The lowest BCUT2D eigenvalue weighted by atomic mass is 9.92. The van der Waals surface area contributed by atoms with E-state index in [1.165, 1.54) is 0 Å². The van der Waals surface area contributed by atoms with E-state index in [-0.39, 0.29) is 0 Å². The Bertz CT molecular complexity index is 873. The van der Waals surface area contributed by atoms with Crippen LogP contribution in [-0.2, 0) is 6.42 Å². The van der Waals surface area contributed by atoms with Crippen LogP contribution >= 0.6 is 0 Å². The molecule has 5 heteroatoms. The second-order valence-electron chi connectivity index (χ2n) is 6.72. The summed E-state index contributed by atoms with van der Waals surface area (Å²) in [6.07, 6.45) is 4.21. The first-order valence-electron chi connectivity index (χ1n) is 9.01. The number of benzene rings is 2. The monoisotopic (exact) mass is 369 g/mol. The second kappa shape index (κ2) is 7.82. The molecule has 2 N–H and O–H groups in total. The highest BCUT2D eigenvalue weighted by atomic mass is 16.5. The van der Waals surface area contributed by atoms with Gasteiger partial charge in [0.2, 0.25) is 5.75 Å². The van der Waals surface area contributed by atoms with Crippen LogP contribution in [0.25, 0.3) is 5.57 Å². The van der Waals surface area contributed by atoms with Gasteiger partial charge in [0.05, 0.1) is 34.1 Å². The lowest BCUT2D eigenvalue weighted by Crippen LogP contribution is -2.03. The topological polar surface area (TPSA) is 62.9 Å². The van der Waals surface area contributed by atoms with E-state index in [1.54, 1.807) is 28.4 Å². The van der Waals surface area contributed by atoms with Crippen molar-refractivity contribution in [3.05, 3.63) is 47.0 Å². The largest absolute Gasteiger partial charge is 0.495 e. The van der Waals surface area contributed by atoms with E-state index >= 15 is 0 Å². The van der Waals surface area contributed by atoms with Crippen LogP contribution in [0, 0.1) is 5.92 Å². The molecule has 0 bridgehead atoms. The Morgan fingerprint density at radius 2 is 1.59 bits per heavy atom. The molecule has 3 rings (SSSR count). The molecule has 2 aromatic rings. The third-order valence-corrected chi connectivity index (χ3v) is 5.06. The molecule has 0 unspecified atom stereocenters. The molecule has 144 valence electrons. The molecule has 0 saturated heterocycles. The van der Waals surface area contributed by atoms with Crippen molar-refractivity contribution in [2.45, 2.75) is 19.8 Å². The number of allylic oxidation sites excluding steroid dienone is 1. The van der Waals surface area contributed by atoms with Gasteiger partial charge in [0.25, 0.3) is 0 Å². The number of rotatable bonds is 5. The normalized spacial score (nSPS) is 16.0. The van der Waals surface area contributed by atoms with Gasteiger partial charge in [-0.3, -0.25) is 0 Å². The third kappa shape index (κ3) is 3.42. The van der Waals surface area contributed by atoms with E-state index in [0.29, 0.717) is 28.9 Å². The van der Waals surface area contributed by atoms with Crippen molar-refractivity contribution in [2.75, 3.05) is 34.2 Å². The molecule has 0 aromatic heterocycles. The fourth-order valence-electron chi connectivity index (χ4n) is 3.69. The van der Waals surface area contributed by atoms with Crippen molar-refractivity contribution in [1.82, 2.24) is 0 Å². The minimum Gasteiger partial charge on any atom is -0.495 e. The Kier molecular flexibility index (Phi) is 5.49. The molecular weight excluding hydrogens is 342 g/mol. The lowest BCUT2D eigenvalue weighted by molar-refractivity contribution is 0.321. The van der Waals surface area contributed by atoms with Gasteiger partial charge < -0.3 is 24.7 Å². The van der Waals surface area contributed by atoms with Gasteiger partial charge in [-0.05, 0) is 53.7 Å². The molecule has 0 aliphatic heterocycles. The average Bonchev–Trinajstić information content (AvgIpc) is 2.85. The van der Waals surface area contributed by atoms with E-state index < -0.39 is 0 Å². The molecule has 0 fully saturated rings. The van der Waals surface area contributed by atoms with E-state index in [2.05, 4.69) is 13.0 Å². The smallest absolute Gasteiger partial charge is 0.203 e. The molecule has 27 heavy (non-hydrogen) atoms.